The smallest absolute Gasteiger partial charge is 0.203 e. The number of hydrogen-bond acceptors (Lipinski definition) is 10. The largest absolute Gasteiger partial charge is 0.493 e. The van der Waals surface area contributed by atoms with E-state index in [1.165, 1.54) is 7.11 Å². The molecule has 1 saturated heterocycles. The topological polar surface area (TPSA) is 116 Å². The van der Waals surface area contributed by atoms with Gasteiger partial charge in [0.1, 0.15) is 4.90 Å². The van der Waals surface area contributed by atoms with Crippen molar-refractivity contribution >= 4 is 27.3 Å². The molecular weight excluding hydrogens is 578 g/mol. The molecule has 3 aromatic rings. The molecule has 0 bridgehead atoms. The fourth-order valence-electron chi connectivity index (χ4n) is 4.97. The van der Waals surface area contributed by atoms with Crippen LogP contribution in [-0.4, -0.2) is 55.0 Å². The monoisotopic (exact) mass is 617 g/mol. The van der Waals surface area contributed by atoms with Gasteiger partial charge in [-0.3, -0.25) is 0 Å². The van der Waals surface area contributed by atoms with Gasteiger partial charge < -0.3 is 34.2 Å². The van der Waals surface area contributed by atoms with E-state index in [-0.39, 0.29) is 28.6 Å². The molecule has 1 fully saturated rings. The summed E-state index contributed by atoms with van der Waals surface area (Å²) in [6, 6.07) is 14.8. The number of benzene rings is 3. The molecule has 1 aliphatic rings. The van der Waals surface area contributed by atoms with Crippen LogP contribution in [0, 0.1) is 0 Å². The second-order valence-corrected chi connectivity index (χ2v) is 13.0. The van der Waals surface area contributed by atoms with E-state index in [4.69, 9.17) is 34.2 Å². The molecule has 4 rings (SSSR count). The first kappa shape index (κ1) is 31.7. The lowest BCUT2D eigenvalue weighted by Crippen LogP contribution is -2.12. The summed E-state index contributed by atoms with van der Waals surface area (Å²) in [5.41, 5.74) is 8.08. The number of anilines is 1. The maximum absolute atomic E-state index is 13.4. The Hall–Kier alpha value is -3.28. The normalized spacial score (nSPS) is 16.7. The second-order valence-electron chi connectivity index (χ2n) is 9.78. The van der Waals surface area contributed by atoms with E-state index in [1.807, 2.05) is 49.4 Å². The van der Waals surface area contributed by atoms with E-state index in [2.05, 4.69) is 0 Å². The molecule has 2 unspecified atom stereocenters. The van der Waals surface area contributed by atoms with Gasteiger partial charge in [-0.25, -0.2) is 8.42 Å². The maximum atomic E-state index is 13.4. The van der Waals surface area contributed by atoms with Crippen molar-refractivity contribution in [1.82, 2.24) is 0 Å². The zero-order valence-electron chi connectivity index (χ0n) is 24.7. The number of methoxy groups -OCH3 is 4. The lowest BCUT2D eigenvalue weighted by molar-refractivity contribution is 0.0435. The van der Waals surface area contributed by atoms with Crippen molar-refractivity contribution in [3.63, 3.8) is 0 Å². The first-order chi connectivity index (χ1) is 20.2. The number of sulfone groups is 1. The van der Waals surface area contributed by atoms with Gasteiger partial charge in [0.05, 0.1) is 53.0 Å². The van der Waals surface area contributed by atoms with Crippen LogP contribution in [0.4, 0.5) is 5.69 Å². The lowest BCUT2D eigenvalue weighted by atomic mass is 10.0. The van der Waals surface area contributed by atoms with Crippen LogP contribution < -0.4 is 29.4 Å². The predicted octanol–water partition coefficient (Wildman–Crippen LogP) is 6.25. The Morgan fingerprint density at radius 3 is 1.90 bits per heavy atom. The summed E-state index contributed by atoms with van der Waals surface area (Å²) >= 11 is 1.60. The summed E-state index contributed by atoms with van der Waals surface area (Å²) in [5, 5.41) is 0. The van der Waals surface area contributed by atoms with Crippen molar-refractivity contribution in [1.29, 1.82) is 0 Å². The molecule has 9 nitrogen and oxygen atoms in total. The molecule has 0 aliphatic carbocycles. The fourth-order valence-corrected chi connectivity index (χ4v) is 7.21. The first-order valence-corrected chi connectivity index (χ1v) is 16.4. The predicted molar refractivity (Wildman–Crippen MR) is 164 cm³/mol. The molecule has 1 aliphatic heterocycles. The van der Waals surface area contributed by atoms with Gasteiger partial charge in [-0.2, -0.15) is 0 Å². The van der Waals surface area contributed by atoms with E-state index in [0.29, 0.717) is 53.9 Å². The van der Waals surface area contributed by atoms with Crippen LogP contribution in [0.2, 0.25) is 0 Å². The summed E-state index contributed by atoms with van der Waals surface area (Å²) < 4.78 is 61.6. The number of ether oxygens (including phenoxy) is 6. The number of nitrogen functional groups attached to an aromatic ring is 1. The Balaban J connectivity index is 1.59. The molecular formula is C31H39NO8S2. The molecule has 42 heavy (non-hydrogen) atoms. The van der Waals surface area contributed by atoms with Crippen molar-refractivity contribution in [3.05, 3.63) is 59.7 Å². The average molecular weight is 618 g/mol. The zero-order chi connectivity index (χ0) is 30.3. The van der Waals surface area contributed by atoms with Gasteiger partial charge in [-0.05, 0) is 78.9 Å². The van der Waals surface area contributed by atoms with Gasteiger partial charge in [0.15, 0.2) is 32.8 Å². The third-order valence-corrected chi connectivity index (χ3v) is 9.90. The highest BCUT2D eigenvalue weighted by atomic mass is 32.2. The highest BCUT2D eigenvalue weighted by molar-refractivity contribution is 7.99. The number of thioether (sulfide) groups is 1. The van der Waals surface area contributed by atoms with E-state index in [0.717, 1.165) is 22.4 Å². The average Bonchev–Trinajstić information content (AvgIpc) is 3.49. The fraction of sp³-hybridized carbons (Fsp3) is 0.419. The number of nitrogens with two attached hydrogens (primary N) is 1. The van der Waals surface area contributed by atoms with Crippen LogP contribution in [0.1, 0.15) is 49.5 Å². The van der Waals surface area contributed by atoms with Crippen LogP contribution in [0.3, 0.4) is 0 Å². The molecule has 0 spiro atoms. The van der Waals surface area contributed by atoms with Crippen LogP contribution in [-0.2, 0) is 14.6 Å². The highest BCUT2D eigenvalue weighted by Gasteiger charge is 2.32. The minimum Gasteiger partial charge on any atom is -0.493 e. The van der Waals surface area contributed by atoms with Crippen molar-refractivity contribution in [3.8, 4) is 28.7 Å². The summed E-state index contributed by atoms with van der Waals surface area (Å²) in [6.45, 7) is 2.13. The van der Waals surface area contributed by atoms with Gasteiger partial charge in [0.2, 0.25) is 5.75 Å². The minimum atomic E-state index is -3.64. The van der Waals surface area contributed by atoms with Gasteiger partial charge in [-0.15, -0.1) is 11.8 Å². The van der Waals surface area contributed by atoms with E-state index in [9.17, 15) is 8.42 Å². The van der Waals surface area contributed by atoms with E-state index >= 15 is 0 Å². The molecule has 3 aromatic carbocycles. The van der Waals surface area contributed by atoms with Crippen molar-refractivity contribution < 1.29 is 36.8 Å². The molecule has 0 amide bonds. The van der Waals surface area contributed by atoms with Gasteiger partial charge in [-0.1, -0.05) is 6.92 Å². The second kappa shape index (κ2) is 14.3. The molecule has 2 atom stereocenters. The number of rotatable bonds is 14. The van der Waals surface area contributed by atoms with Gasteiger partial charge in [0, 0.05) is 16.3 Å². The Labute approximate surface area is 252 Å². The van der Waals surface area contributed by atoms with E-state index < -0.39 is 9.84 Å². The zero-order valence-corrected chi connectivity index (χ0v) is 26.3. The van der Waals surface area contributed by atoms with Crippen molar-refractivity contribution in [2.24, 2.45) is 0 Å². The van der Waals surface area contributed by atoms with Crippen LogP contribution in [0.25, 0.3) is 0 Å². The Morgan fingerprint density at radius 2 is 1.38 bits per heavy atom. The lowest BCUT2D eigenvalue weighted by Gasteiger charge is -2.21. The third kappa shape index (κ3) is 7.19. The molecule has 1 heterocycles. The SMILES string of the molecule is CCCS(=O)(=O)c1cc(C2CCC(c3cc(OC)c(OC)c(OC)c3)O2)cc(OC)c1OCCSc1ccc(N)cc1. The van der Waals surface area contributed by atoms with Crippen LogP contribution >= 0.6 is 11.8 Å². The highest BCUT2D eigenvalue weighted by Crippen LogP contribution is 2.48. The number of hydrogen-bond donors (Lipinski definition) is 1. The van der Waals surface area contributed by atoms with Crippen molar-refractivity contribution in [2.45, 2.75) is 48.2 Å². The molecule has 2 N–H and O–H groups in total. The van der Waals surface area contributed by atoms with Crippen LogP contribution in [0.5, 0.6) is 28.7 Å². The molecule has 228 valence electrons. The van der Waals surface area contributed by atoms with Crippen LogP contribution in [0.15, 0.2) is 58.3 Å². The summed E-state index contributed by atoms with van der Waals surface area (Å²) in [7, 11) is 2.58. The minimum absolute atomic E-state index is 0.00422. The maximum Gasteiger partial charge on any atom is 0.203 e. The Morgan fingerprint density at radius 1 is 0.833 bits per heavy atom. The molecule has 0 saturated carbocycles. The Bertz CT molecular complexity index is 1440. The molecule has 11 heteroatoms. The van der Waals surface area contributed by atoms with Gasteiger partial charge >= 0.3 is 0 Å². The van der Waals surface area contributed by atoms with E-state index in [1.54, 1.807) is 39.2 Å². The summed E-state index contributed by atoms with van der Waals surface area (Å²) in [6.07, 6.45) is 1.31. The molecule has 0 radical (unpaired) electrons. The van der Waals surface area contributed by atoms with Gasteiger partial charge in [0.25, 0.3) is 0 Å². The summed E-state index contributed by atoms with van der Waals surface area (Å²) in [4.78, 5) is 1.17. The molecule has 0 aromatic heterocycles. The Kier molecular flexibility index (Phi) is 10.7. The summed E-state index contributed by atoms with van der Waals surface area (Å²) in [5.74, 6) is 2.80. The van der Waals surface area contributed by atoms with Crippen molar-refractivity contribution in [2.75, 3.05) is 52.3 Å². The third-order valence-electron chi connectivity index (χ3n) is 7.00. The quantitative estimate of drug-likeness (QED) is 0.126. The standard InChI is InChI=1S/C31H39NO8S2/c1-6-15-42(33,34)29-19-21(18-28(37-4)31(29)39-13-14-41-23-9-7-22(32)8-10-23)25-12-11-24(40-25)20-16-26(35-2)30(38-5)27(17-20)36-3/h7-10,16-19,24-25H,6,11-15,32H2,1-5H3. The first-order valence-electron chi connectivity index (χ1n) is 13.8.